The summed E-state index contributed by atoms with van der Waals surface area (Å²) >= 11 is 1.84. The molecular formula is C15H24N2OS. The molecule has 0 radical (unpaired) electrons. The summed E-state index contributed by atoms with van der Waals surface area (Å²) in [6, 6.07) is 9.73. The molecule has 0 aliphatic carbocycles. The van der Waals surface area contributed by atoms with E-state index in [1.54, 1.807) is 0 Å². The van der Waals surface area contributed by atoms with Gasteiger partial charge in [0.25, 0.3) is 0 Å². The molecule has 1 rings (SSSR count). The number of nitrogens with two attached hydrogens (primary N) is 1. The topological polar surface area (TPSA) is 55.1 Å². The molecule has 0 saturated carbocycles. The minimum atomic E-state index is -0.402. The van der Waals surface area contributed by atoms with Crippen LogP contribution in [0.5, 0.6) is 0 Å². The lowest BCUT2D eigenvalue weighted by molar-refractivity contribution is -0.122. The first-order chi connectivity index (χ1) is 9.24. The molecule has 4 heteroatoms. The molecular weight excluding hydrogens is 256 g/mol. The van der Waals surface area contributed by atoms with Crippen LogP contribution in [0.3, 0.4) is 0 Å². The van der Waals surface area contributed by atoms with Crippen molar-refractivity contribution in [2.45, 2.75) is 31.7 Å². The molecule has 0 saturated heterocycles. The highest BCUT2D eigenvalue weighted by atomic mass is 32.2. The number of amides is 1. The monoisotopic (exact) mass is 280 g/mol. The van der Waals surface area contributed by atoms with Crippen LogP contribution in [0.1, 0.15) is 24.8 Å². The molecule has 1 aromatic rings. The van der Waals surface area contributed by atoms with E-state index in [0.717, 1.165) is 31.6 Å². The van der Waals surface area contributed by atoms with Gasteiger partial charge in [-0.1, -0.05) is 30.3 Å². The highest BCUT2D eigenvalue weighted by Crippen LogP contribution is 2.04. The molecule has 0 aliphatic heterocycles. The fourth-order valence-electron chi connectivity index (χ4n) is 1.81. The van der Waals surface area contributed by atoms with Gasteiger partial charge in [0.15, 0.2) is 0 Å². The average molecular weight is 280 g/mol. The second kappa shape index (κ2) is 9.87. The van der Waals surface area contributed by atoms with Crippen molar-refractivity contribution in [1.82, 2.24) is 5.32 Å². The molecule has 0 spiro atoms. The van der Waals surface area contributed by atoms with Gasteiger partial charge in [-0.2, -0.15) is 11.8 Å². The third kappa shape index (κ3) is 7.23. The molecule has 3 N–H and O–H groups in total. The van der Waals surface area contributed by atoms with Gasteiger partial charge in [0.1, 0.15) is 0 Å². The Morgan fingerprint density at radius 1 is 1.32 bits per heavy atom. The van der Waals surface area contributed by atoms with E-state index >= 15 is 0 Å². The van der Waals surface area contributed by atoms with Gasteiger partial charge >= 0.3 is 0 Å². The summed E-state index contributed by atoms with van der Waals surface area (Å²) in [5, 5.41) is 2.90. The zero-order valence-electron chi connectivity index (χ0n) is 11.6. The highest BCUT2D eigenvalue weighted by Gasteiger charge is 2.12. The SMILES string of the molecule is CSCCCCNC(=O)[C@@H](N)CCc1ccccc1. The molecule has 0 aromatic heterocycles. The predicted molar refractivity (Wildman–Crippen MR) is 83.4 cm³/mol. The van der Waals surface area contributed by atoms with Crippen LogP contribution in [0.15, 0.2) is 30.3 Å². The highest BCUT2D eigenvalue weighted by molar-refractivity contribution is 7.98. The van der Waals surface area contributed by atoms with Crippen molar-refractivity contribution >= 4 is 17.7 Å². The van der Waals surface area contributed by atoms with Crippen LogP contribution in [0.4, 0.5) is 0 Å². The van der Waals surface area contributed by atoms with E-state index in [1.807, 2.05) is 30.0 Å². The van der Waals surface area contributed by atoms with Crippen LogP contribution in [0.25, 0.3) is 0 Å². The van der Waals surface area contributed by atoms with E-state index in [1.165, 1.54) is 5.56 Å². The number of unbranched alkanes of at least 4 members (excludes halogenated alkanes) is 1. The number of rotatable bonds is 9. The third-order valence-electron chi connectivity index (χ3n) is 3.00. The molecule has 19 heavy (non-hydrogen) atoms. The summed E-state index contributed by atoms with van der Waals surface area (Å²) in [5.74, 6) is 1.12. The van der Waals surface area contributed by atoms with Crippen LogP contribution < -0.4 is 11.1 Å². The van der Waals surface area contributed by atoms with Gasteiger partial charge in [0.2, 0.25) is 5.91 Å². The molecule has 0 aliphatic rings. The van der Waals surface area contributed by atoms with Gasteiger partial charge in [0, 0.05) is 6.54 Å². The molecule has 0 heterocycles. The smallest absolute Gasteiger partial charge is 0.236 e. The molecule has 1 aromatic carbocycles. The van der Waals surface area contributed by atoms with Crippen molar-refractivity contribution < 1.29 is 4.79 Å². The van der Waals surface area contributed by atoms with Gasteiger partial charge in [-0.3, -0.25) is 4.79 Å². The number of carbonyl (C=O) groups is 1. The van der Waals surface area contributed by atoms with Crippen LogP contribution in [0.2, 0.25) is 0 Å². The Bertz CT molecular complexity index is 356. The Morgan fingerprint density at radius 2 is 2.05 bits per heavy atom. The summed E-state index contributed by atoms with van der Waals surface area (Å²) in [6.07, 6.45) is 5.80. The van der Waals surface area contributed by atoms with E-state index in [2.05, 4.69) is 23.7 Å². The first-order valence-corrected chi connectivity index (χ1v) is 8.19. The van der Waals surface area contributed by atoms with Crippen molar-refractivity contribution in [1.29, 1.82) is 0 Å². The number of thioether (sulfide) groups is 1. The van der Waals surface area contributed by atoms with E-state index in [-0.39, 0.29) is 5.91 Å². The fraction of sp³-hybridized carbons (Fsp3) is 0.533. The van der Waals surface area contributed by atoms with E-state index in [9.17, 15) is 4.79 Å². The molecule has 0 unspecified atom stereocenters. The summed E-state index contributed by atoms with van der Waals surface area (Å²) in [6.45, 7) is 0.735. The van der Waals surface area contributed by atoms with Crippen LogP contribution in [-0.4, -0.2) is 30.5 Å². The van der Waals surface area contributed by atoms with E-state index in [4.69, 9.17) is 5.73 Å². The maximum Gasteiger partial charge on any atom is 0.236 e. The van der Waals surface area contributed by atoms with Crippen LogP contribution >= 0.6 is 11.8 Å². The van der Waals surface area contributed by atoms with Crippen LogP contribution in [0, 0.1) is 0 Å². The number of benzene rings is 1. The maximum absolute atomic E-state index is 11.8. The molecule has 0 bridgehead atoms. The largest absolute Gasteiger partial charge is 0.355 e. The lowest BCUT2D eigenvalue weighted by Gasteiger charge is -2.12. The number of nitrogens with one attached hydrogen (secondary N) is 1. The Hall–Kier alpha value is -1.00. The maximum atomic E-state index is 11.8. The molecule has 1 atom stereocenters. The first kappa shape index (κ1) is 16.1. The summed E-state index contributed by atoms with van der Waals surface area (Å²) in [5.41, 5.74) is 7.12. The van der Waals surface area contributed by atoms with Gasteiger partial charge in [-0.25, -0.2) is 0 Å². The summed E-state index contributed by atoms with van der Waals surface area (Å²) in [4.78, 5) is 11.8. The summed E-state index contributed by atoms with van der Waals surface area (Å²) < 4.78 is 0. The van der Waals surface area contributed by atoms with Crippen molar-refractivity contribution in [2.75, 3.05) is 18.6 Å². The zero-order chi connectivity index (χ0) is 13.9. The third-order valence-corrected chi connectivity index (χ3v) is 3.70. The minimum absolute atomic E-state index is 0.0277. The Balaban J connectivity index is 2.14. The lowest BCUT2D eigenvalue weighted by Crippen LogP contribution is -2.41. The normalized spacial score (nSPS) is 12.1. The summed E-state index contributed by atoms with van der Waals surface area (Å²) in [7, 11) is 0. The minimum Gasteiger partial charge on any atom is -0.355 e. The number of hydrogen-bond acceptors (Lipinski definition) is 3. The Morgan fingerprint density at radius 3 is 2.74 bits per heavy atom. The predicted octanol–water partition coefficient (Wildman–Crippen LogP) is 2.21. The zero-order valence-corrected chi connectivity index (χ0v) is 12.4. The number of aryl methyl sites for hydroxylation is 1. The first-order valence-electron chi connectivity index (χ1n) is 6.80. The van der Waals surface area contributed by atoms with E-state index in [0.29, 0.717) is 6.42 Å². The lowest BCUT2D eigenvalue weighted by atomic mass is 10.1. The van der Waals surface area contributed by atoms with Gasteiger partial charge in [-0.05, 0) is 43.3 Å². The average Bonchev–Trinajstić information content (AvgIpc) is 2.45. The Labute approximate surface area is 120 Å². The van der Waals surface area contributed by atoms with Gasteiger partial charge < -0.3 is 11.1 Å². The second-order valence-corrected chi connectivity index (χ2v) is 5.61. The molecule has 106 valence electrons. The van der Waals surface area contributed by atoms with Gasteiger partial charge in [-0.15, -0.1) is 0 Å². The standard InChI is InChI=1S/C15H24N2OS/c1-19-12-6-5-11-17-15(18)14(16)10-9-13-7-3-2-4-8-13/h2-4,7-8,14H,5-6,9-12,16H2,1H3,(H,17,18)/t14-/m0/s1. The van der Waals surface area contributed by atoms with Crippen molar-refractivity contribution in [3.63, 3.8) is 0 Å². The second-order valence-electron chi connectivity index (χ2n) is 4.62. The number of carbonyl (C=O) groups excluding carboxylic acids is 1. The van der Waals surface area contributed by atoms with E-state index < -0.39 is 6.04 Å². The van der Waals surface area contributed by atoms with Crippen molar-refractivity contribution in [3.8, 4) is 0 Å². The van der Waals surface area contributed by atoms with Crippen LogP contribution in [-0.2, 0) is 11.2 Å². The molecule has 0 fully saturated rings. The fourth-order valence-corrected chi connectivity index (χ4v) is 2.30. The Kier molecular flexibility index (Phi) is 8.34. The van der Waals surface area contributed by atoms with Gasteiger partial charge in [0.05, 0.1) is 6.04 Å². The molecule has 3 nitrogen and oxygen atoms in total. The number of hydrogen-bond donors (Lipinski definition) is 2. The molecule has 1 amide bonds. The quantitative estimate of drug-likeness (QED) is 0.682. The van der Waals surface area contributed by atoms with Crippen molar-refractivity contribution in [2.24, 2.45) is 5.73 Å². The van der Waals surface area contributed by atoms with Crippen molar-refractivity contribution in [3.05, 3.63) is 35.9 Å².